The number of hydrogen-bond acceptors (Lipinski definition) is 5. The van der Waals surface area contributed by atoms with Gasteiger partial charge in [-0.1, -0.05) is 0 Å². The zero-order valence-electron chi connectivity index (χ0n) is 12.9. The number of aromatic nitrogens is 2. The maximum atomic E-state index is 6.03. The average Bonchev–Trinajstić information content (AvgIpc) is 2.96. The molecule has 5 nitrogen and oxygen atoms in total. The molecule has 1 aliphatic heterocycles. The molecule has 0 aliphatic carbocycles. The van der Waals surface area contributed by atoms with Crippen molar-refractivity contribution < 1.29 is 4.74 Å². The number of nitrogen functional groups attached to an aromatic ring is 1. The van der Waals surface area contributed by atoms with Crippen molar-refractivity contribution in [1.29, 1.82) is 0 Å². The Kier molecular flexibility index (Phi) is 4.90. The third kappa shape index (κ3) is 3.56. The number of nitrogens with two attached hydrogens (primary N) is 1. The number of anilines is 1. The van der Waals surface area contributed by atoms with Gasteiger partial charge in [-0.05, 0) is 24.3 Å². The van der Waals surface area contributed by atoms with E-state index in [1.54, 1.807) is 6.20 Å². The molecule has 118 valence electrons. The van der Waals surface area contributed by atoms with Gasteiger partial charge >= 0.3 is 0 Å². The van der Waals surface area contributed by atoms with Crippen molar-refractivity contribution in [2.45, 2.75) is 0 Å². The molecule has 0 radical (unpaired) electrons. The van der Waals surface area contributed by atoms with Gasteiger partial charge in [-0.2, -0.15) is 16.9 Å². The van der Waals surface area contributed by atoms with Gasteiger partial charge in [0.05, 0.1) is 5.69 Å². The first kappa shape index (κ1) is 15.2. The van der Waals surface area contributed by atoms with Crippen LogP contribution in [0, 0.1) is 0 Å². The van der Waals surface area contributed by atoms with E-state index in [1.165, 1.54) is 11.5 Å². The maximum absolute atomic E-state index is 6.03. The van der Waals surface area contributed by atoms with E-state index in [1.807, 2.05) is 47.8 Å². The molecular weight excluding hydrogens is 296 g/mol. The van der Waals surface area contributed by atoms with Crippen LogP contribution in [0.5, 0.6) is 5.75 Å². The lowest BCUT2D eigenvalue weighted by atomic mass is 10.1. The highest BCUT2D eigenvalue weighted by Crippen LogP contribution is 2.31. The van der Waals surface area contributed by atoms with Crippen molar-refractivity contribution >= 4 is 17.4 Å². The van der Waals surface area contributed by atoms with Crippen molar-refractivity contribution in [3.63, 3.8) is 0 Å². The van der Waals surface area contributed by atoms with Crippen molar-refractivity contribution in [3.05, 3.63) is 30.5 Å². The molecule has 22 heavy (non-hydrogen) atoms. The zero-order valence-corrected chi connectivity index (χ0v) is 13.7. The summed E-state index contributed by atoms with van der Waals surface area (Å²) in [7, 11) is 1.92. The van der Waals surface area contributed by atoms with Crippen molar-refractivity contribution in [3.8, 4) is 17.0 Å². The lowest BCUT2D eigenvalue weighted by molar-refractivity contribution is 0.223. The summed E-state index contributed by atoms with van der Waals surface area (Å²) >= 11 is 2.03. The lowest BCUT2D eigenvalue weighted by Crippen LogP contribution is -2.35. The summed E-state index contributed by atoms with van der Waals surface area (Å²) in [5.41, 5.74) is 8.67. The third-order valence-corrected chi connectivity index (χ3v) is 4.81. The largest absolute Gasteiger partial charge is 0.492 e. The minimum Gasteiger partial charge on any atom is -0.492 e. The van der Waals surface area contributed by atoms with Gasteiger partial charge in [0.15, 0.2) is 0 Å². The first-order chi connectivity index (χ1) is 10.7. The molecule has 0 unspecified atom stereocenters. The van der Waals surface area contributed by atoms with Crippen LogP contribution in [0.3, 0.4) is 0 Å². The number of benzene rings is 1. The van der Waals surface area contributed by atoms with E-state index in [0.717, 1.165) is 42.3 Å². The number of rotatable bonds is 5. The monoisotopic (exact) mass is 318 g/mol. The number of hydrogen-bond donors (Lipinski definition) is 1. The van der Waals surface area contributed by atoms with E-state index in [2.05, 4.69) is 10.00 Å². The Bertz CT molecular complexity index is 622. The first-order valence-electron chi connectivity index (χ1n) is 7.55. The quantitative estimate of drug-likeness (QED) is 0.856. The van der Waals surface area contributed by atoms with Crippen LogP contribution < -0.4 is 10.5 Å². The molecular formula is C16H22N4OS. The zero-order chi connectivity index (χ0) is 15.4. The summed E-state index contributed by atoms with van der Waals surface area (Å²) in [5.74, 6) is 3.31. The van der Waals surface area contributed by atoms with Gasteiger partial charge in [-0.3, -0.25) is 9.58 Å². The van der Waals surface area contributed by atoms with Gasteiger partial charge < -0.3 is 10.5 Å². The summed E-state index contributed by atoms with van der Waals surface area (Å²) in [6.45, 7) is 3.98. The van der Waals surface area contributed by atoms with E-state index in [9.17, 15) is 0 Å². The topological polar surface area (TPSA) is 56.3 Å². The molecule has 2 N–H and O–H groups in total. The number of ether oxygens (including phenoxy) is 1. The van der Waals surface area contributed by atoms with E-state index < -0.39 is 0 Å². The first-order valence-corrected chi connectivity index (χ1v) is 8.70. The molecule has 0 spiro atoms. The Labute approximate surface area is 135 Å². The molecule has 2 aromatic rings. The second-order valence-corrected chi connectivity index (χ2v) is 6.62. The predicted molar refractivity (Wildman–Crippen MR) is 92.3 cm³/mol. The van der Waals surface area contributed by atoms with E-state index in [4.69, 9.17) is 10.5 Å². The number of thioether (sulfide) groups is 1. The lowest BCUT2D eigenvalue weighted by Gasteiger charge is -2.26. The normalized spacial score (nSPS) is 15.9. The van der Waals surface area contributed by atoms with Crippen LogP contribution in [0.25, 0.3) is 11.3 Å². The average molecular weight is 318 g/mol. The fourth-order valence-electron chi connectivity index (χ4n) is 2.62. The summed E-state index contributed by atoms with van der Waals surface area (Å²) in [6, 6.07) is 7.75. The molecule has 0 atom stereocenters. The predicted octanol–water partition coefficient (Wildman–Crippen LogP) is 2.10. The molecule has 1 aromatic carbocycles. The van der Waals surface area contributed by atoms with Gasteiger partial charge in [-0.15, -0.1) is 0 Å². The Morgan fingerprint density at radius 3 is 2.82 bits per heavy atom. The Morgan fingerprint density at radius 2 is 2.09 bits per heavy atom. The minimum absolute atomic E-state index is 0.694. The highest BCUT2D eigenvalue weighted by atomic mass is 32.2. The summed E-state index contributed by atoms with van der Waals surface area (Å²) < 4.78 is 7.87. The second-order valence-electron chi connectivity index (χ2n) is 5.40. The van der Waals surface area contributed by atoms with Gasteiger partial charge in [0, 0.05) is 55.6 Å². The van der Waals surface area contributed by atoms with E-state index in [-0.39, 0.29) is 0 Å². The van der Waals surface area contributed by atoms with Crippen LogP contribution in [0.15, 0.2) is 30.5 Å². The maximum Gasteiger partial charge on any atom is 0.128 e. The summed E-state index contributed by atoms with van der Waals surface area (Å²) in [5, 5.41) is 4.23. The van der Waals surface area contributed by atoms with Crippen LogP contribution in [0.4, 0.5) is 5.69 Å². The SMILES string of the molecule is Cn1nccc1-c1cc(N)ccc1OCCN1CCSCC1. The number of nitrogens with zero attached hydrogens (tertiary/aromatic N) is 3. The Morgan fingerprint density at radius 1 is 1.27 bits per heavy atom. The molecule has 0 amide bonds. The van der Waals surface area contributed by atoms with Crippen LogP contribution in [0.1, 0.15) is 0 Å². The molecule has 1 fully saturated rings. The minimum atomic E-state index is 0.694. The van der Waals surface area contributed by atoms with Gasteiger partial charge in [0.25, 0.3) is 0 Å². The smallest absolute Gasteiger partial charge is 0.128 e. The van der Waals surface area contributed by atoms with Crippen molar-refractivity contribution in [2.75, 3.05) is 43.5 Å². The molecule has 3 rings (SSSR count). The molecule has 1 saturated heterocycles. The van der Waals surface area contributed by atoms with Crippen LogP contribution in [-0.4, -0.2) is 52.4 Å². The highest BCUT2D eigenvalue weighted by Gasteiger charge is 2.13. The van der Waals surface area contributed by atoms with Crippen molar-refractivity contribution in [1.82, 2.24) is 14.7 Å². The summed E-state index contributed by atoms with van der Waals surface area (Å²) in [6.07, 6.45) is 1.79. The fourth-order valence-corrected chi connectivity index (χ4v) is 3.60. The Balaban J connectivity index is 1.69. The summed E-state index contributed by atoms with van der Waals surface area (Å²) in [4.78, 5) is 2.46. The molecule has 2 heterocycles. The van der Waals surface area contributed by atoms with Crippen LogP contribution in [-0.2, 0) is 7.05 Å². The fraction of sp³-hybridized carbons (Fsp3) is 0.438. The molecule has 0 saturated carbocycles. The molecule has 1 aromatic heterocycles. The van der Waals surface area contributed by atoms with Gasteiger partial charge in [0.2, 0.25) is 0 Å². The van der Waals surface area contributed by atoms with Crippen LogP contribution in [0.2, 0.25) is 0 Å². The Hall–Kier alpha value is -1.66. The van der Waals surface area contributed by atoms with E-state index in [0.29, 0.717) is 6.61 Å². The van der Waals surface area contributed by atoms with Gasteiger partial charge in [-0.25, -0.2) is 0 Å². The molecule has 1 aliphatic rings. The van der Waals surface area contributed by atoms with Gasteiger partial charge in [0.1, 0.15) is 12.4 Å². The third-order valence-electron chi connectivity index (χ3n) is 3.87. The standard InChI is InChI=1S/C16H22N4OS/c1-19-15(4-5-18-19)14-12-13(17)2-3-16(14)21-9-6-20-7-10-22-11-8-20/h2-5,12H,6-11,17H2,1H3. The number of aryl methyl sites for hydroxylation is 1. The molecule has 0 bridgehead atoms. The molecule has 6 heteroatoms. The van der Waals surface area contributed by atoms with Crippen molar-refractivity contribution in [2.24, 2.45) is 7.05 Å². The van der Waals surface area contributed by atoms with E-state index >= 15 is 0 Å². The second kappa shape index (κ2) is 7.07. The van der Waals surface area contributed by atoms with Crippen LogP contribution >= 0.6 is 11.8 Å². The highest BCUT2D eigenvalue weighted by molar-refractivity contribution is 7.99.